The molecule has 2 N–H and O–H groups in total. The van der Waals surface area contributed by atoms with Gasteiger partial charge in [0.2, 0.25) is 5.91 Å². The third-order valence-electron chi connectivity index (χ3n) is 2.33. The highest BCUT2D eigenvalue weighted by Gasteiger charge is 2.10. The van der Waals surface area contributed by atoms with E-state index in [2.05, 4.69) is 12.2 Å². The third-order valence-corrected chi connectivity index (χ3v) is 3.40. The Bertz CT molecular complexity index is 420. The Labute approximate surface area is 111 Å². The summed E-state index contributed by atoms with van der Waals surface area (Å²) >= 11 is 1.25. The highest BCUT2D eigenvalue weighted by molar-refractivity contribution is 8.00. The van der Waals surface area contributed by atoms with Gasteiger partial charge in [-0.25, -0.2) is 4.79 Å². The van der Waals surface area contributed by atoms with E-state index in [0.717, 1.165) is 12.8 Å². The summed E-state index contributed by atoms with van der Waals surface area (Å²) in [6.45, 7) is 2.74. The Morgan fingerprint density at radius 3 is 2.72 bits per heavy atom. The number of amides is 1. The number of hydrogen-bond acceptors (Lipinski definition) is 3. The van der Waals surface area contributed by atoms with Crippen molar-refractivity contribution in [2.24, 2.45) is 0 Å². The molecule has 0 aliphatic heterocycles. The number of rotatable bonds is 7. The van der Waals surface area contributed by atoms with Crippen molar-refractivity contribution in [3.63, 3.8) is 0 Å². The highest BCUT2D eigenvalue weighted by Crippen LogP contribution is 2.22. The van der Waals surface area contributed by atoms with E-state index in [1.54, 1.807) is 24.3 Å². The molecule has 4 nitrogen and oxygen atoms in total. The van der Waals surface area contributed by atoms with Gasteiger partial charge < -0.3 is 10.4 Å². The Morgan fingerprint density at radius 2 is 2.06 bits per heavy atom. The van der Waals surface area contributed by atoms with Gasteiger partial charge in [0.15, 0.2) is 0 Å². The minimum atomic E-state index is -0.968. The lowest BCUT2D eigenvalue weighted by molar-refractivity contribution is -0.118. The topological polar surface area (TPSA) is 66.4 Å². The van der Waals surface area contributed by atoms with Gasteiger partial charge in [-0.05, 0) is 18.6 Å². The molecular formula is C13H17NO3S. The first-order chi connectivity index (χ1) is 8.65. The molecule has 0 atom stereocenters. The second-order valence-electron chi connectivity index (χ2n) is 3.79. The van der Waals surface area contributed by atoms with Crippen LogP contribution < -0.4 is 5.32 Å². The summed E-state index contributed by atoms with van der Waals surface area (Å²) in [7, 11) is 0. The van der Waals surface area contributed by atoms with Gasteiger partial charge in [-0.15, -0.1) is 11.8 Å². The smallest absolute Gasteiger partial charge is 0.336 e. The van der Waals surface area contributed by atoms with Crippen LogP contribution in [0.25, 0.3) is 0 Å². The number of aromatic carboxylic acids is 1. The van der Waals surface area contributed by atoms with Crippen LogP contribution >= 0.6 is 11.8 Å². The fourth-order valence-electron chi connectivity index (χ4n) is 1.37. The number of nitrogens with one attached hydrogen (secondary N) is 1. The molecule has 0 saturated carbocycles. The molecule has 1 aromatic rings. The van der Waals surface area contributed by atoms with E-state index < -0.39 is 5.97 Å². The lowest BCUT2D eigenvalue weighted by Crippen LogP contribution is -2.26. The molecule has 1 rings (SSSR count). The number of carboxylic acids is 1. The van der Waals surface area contributed by atoms with Crippen LogP contribution in [0.3, 0.4) is 0 Å². The van der Waals surface area contributed by atoms with Gasteiger partial charge in [-0.1, -0.05) is 25.5 Å². The lowest BCUT2D eigenvalue weighted by atomic mass is 10.2. The molecule has 1 aromatic carbocycles. The normalized spacial score (nSPS) is 10.1. The maximum Gasteiger partial charge on any atom is 0.336 e. The largest absolute Gasteiger partial charge is 0.478 e. The molecular weight excluding hydrogens is 250 g/mol. The van der Waals surface area contributed by atoms with E-state index in [1.807, 2.05) is 0 Å². The molecule has 0 aliphatic carbocycles. The van der Waals surface area contributed by atoms with Gasteiger partial charge in [0.05, 0.1) is 11.3 Å². The SMILES string of the molecule is CCCCNC(=O)CSc1ccccc1C(=O)O. The minimum Gasteiger partial charge on any atom is -0.478 e. The lowest BCUT2D eigenvalue weighted by Gasteiger charge is -2.06. The predicted octanol–water partition coefficient (Wildman–Crippen LogP) is 2.39. The average molecular weight is 267 g/mol. The quantitative estimate of drug-likeness (QED) is 0.588. The van der Waals surface area contributed by atoms with Crippen LogP contribution in [-0.4, -0.2) is 29.3 Å². The van der Waals surface area contributed by atoms with Gasteiger partial charge in [-0.2, -0.15) is 0 Å². The number of thioether (sulfide) groups is 1. The van der Waals surface area contributed by atoms with E-state index in [-0.39, 0.29) is 17.2 Å². The van der Waals surface area contributed by atoms with Gasteiger partial charge in [0.1, 0.15) is 0 Å². The molecule has 0 spiro atoms. The van der Waals surface area contributed by atoms with Crippen molar-refractivity contribution in [1.29, 1.82) is 0 Å². The van der Waals surface area contributed by atoms with Gasteiger partial charge in [0, 0.05) is 11.4 Å². The Balaban J connectivity index is 2.48. The van der Waals surface area contributed by atoms with Crippen LogP contribution in [0.4, 0.5) is 0 Å². The average Bonchev–Trinajstić information content (AvgIpc) is 2.37. The monoisotopic (exact) mass is 267 g/mol. The molecule has 0 radical (unpaired) electrons. The van der Waals surface area contributed by atoms with E-state index >= 15 is 0 Å². The molecule has 0 fully saturated rings. The fraction of sp³-hybridized carbons (Fsp3) is 0.385. The van der Waals surface area contributed by atoms with Gasteiger partial charge in [0.25, 0.3) is 0 Å². The van der Waals surface area contributed by atoms with Crippen LogP contribution in [0.5, 0.6) is 0 Å². The zero-order valence-corrected chi connectivity index (χ0v) is 11.1. The summed E-state index contributed by atoms with van der Waals surface area (Å²) in [4.78, 5) is 23.1. The summed E-state index contributed by atoms with van der Waals surface area (Å²) in [5.74, 6) is -0.785. The van der Waals surface area contributed by atoms with Crippen LogP contribution in [0.2, 0.25) is 0 Å². The predicted molar refractivity (Wildman–Crippen MR) is 72.0 cm³/mol. The van der Waals surface area contributed by atoms with Crippen LogP contribution in [0.1, 0.15) is 30.1 Å². The van der Waals surface area contributed by atoms with Crippen molar-refractivity contribution in [3.05, 3.63) is 29.8 Å². The van der Waals surface area contributed by atoms with Gasteiger partial charge >= 0.3 is 5.97 Å². The number of carbonyl (C=O) groups excluding carboxylic acids is 1. The standard InChI is InChI=1S/C13H17NO3S/c1-2-3-8-14-12(15)9-18-11-7-5-4-6-10(11)13(16)17/h4-7H,2-3,8-9H2,1H3,(H,14,15)(H,16,17). The number of carbonyl (C=O) groups is 2. The van der Waals surface area contributed by atoms with Crippen molar-refractivity contribution >= 4 is 23.6 Å². The molecule has 0 aromatic heterocycles. The highest BCUT2D eigenvalue weighted by atomic mass is 32.2. The zero-order chi connectivity index (χ0) is 13.4. The van der Waals surface area contributed by atoms with Crippen molar-refractivity contribution in [1.82, 2.24) is 5.32 Å². The summed E-state index contributed by atoms with van der Waals surface area (Å²) in [6.07, 6.45) is 2.00. The summed E-state index contributed by atoms with van der Waals surface area (Å²) in [5.41, 5.74) is 0.240. The van der Waals surface area contributed by atoms with Gasteiger partial charge in [-0.3, -0.25) is 4.79 Å². The van der Waals surface area contributed by atoms with Crippen LogP contribution in [-0.2, 0) is 4.79 Å². The molecule has 18 heavy (non-hydrogen) atoms. The van der Waals surface area contributed by atoms with E-state index in [0.29, 0.717) is 11.4 Å². The van der Waals surface area contributed by atoms with Crippen LogP contribution in [0, 0.1) is 0 Å². The first-order valence-electron chi connectivity index (χ1n) is 5.87. The van der Waals surface area contributed by atoms with Crippen molar-refractivity contribution < 1.29 is 14.7 Å². The second kappa shape index (κ2) is 7.76. The minimum absolute atomic E-state index is 0.0614. The van der Waals surface area contributed by atoms with Crippen LogP contribution in [0.15, 0.2) is 29.2 Å². The maximum atomic E-state index is 11.5. The Morgan fingerprint density at radius 1 is 1.33 bits per heavy atom. The molecule has 0 aliphatic rings. The Kier molecular flexibility index (Phi) is 6.28. The maximum absolute atomic E-state index is 11.5. The summed E-state index contributed by atoms with van der Waals surface area (Å²) in [6, 6.07) is 6.70. The molecule has 0 bridgehead atoms. The zero-order valence-electron chi connectivity index (χ0n) is 10.3. The molecule has 98 valence electrons. The number of benzene rings is 1. The number of unbranched alkanes of at least 4 members (excludes halogenated alkanes) is 1. The van der Waals surface area contributed by atoms with Crippen molar-refractivity contribution in [2.75, 3.05) is 12.3 Å². The van der Waals surface area contributed by atoms with Crippen molar-refractivity contribution in [2.45, 2.75) is 24.7 Å². The third kappa shape index (κ3) is 4.79. The second-order valence-corrected chi connectivity index (χ2v) is 4.81. The number of carboxylic acid groups (broad SMARTS) is 1. The molecule has 1 amide bonds. The van der Waals surface area contributed by atoms with E-state index in [9.17, 15) is 9.59 Å². The molecule has 0 saturated heterocycles. The molecule has 5 heteroatoms. The van der Waals surface area contributed by atoms with Crippen molar-refractivity contribution in [3.8, 4) is 0 Å². The summed E-state index contributed by atoms with van der Waals surface area (Å²) in [5, 5.41) is 11.8. The fourth-order valence-corrected chi connectivity index (χ4v) is 2.24. The molecule has 0 unspecified atom stereocenters. The molecule has 0 heterocycles. The first-order valence-corrected chi connectivity index (χ1v) is 6.85. The summed E-state index contributed by atoms with van der Waals surface area (Å²) < 4.78 is 0. The number of hydrogen-bond donors (Lipinski definition) is 2. The Hall–Kier alpha value is -1.49. The van der Waals surface area contributed by atoms with E-state index in [1.165, 1.54) is 11.8 Å². The first kappa shape index (κ1) is 14.6. The van der Waals surface area contributed by atoms with E-state index in [4.69, 9.17) is 5.11 Å².